The first kappa shape index (κ1) is 14.5. The van der Waals surface area contributed by atoms with Crippen LogP contribution in [0.4, 0.5) is 13.2 Å². The minimum atomic E-state index is -4.57. The smallest absolute Gasteiger partial charge is 0.417 e. The number of rotatable bonds is 1. The Balaban J connectivity index is 3.21. The van der Waals surface area contributed by atoms with Gasteiger partial charge in [-0.2, -0.15) is 13.2 Å². The third-order valence-electron chi connectivity index (χ3n) is 2.10. The standard InChI is InChI=1S/C13H15F3O2/c1-8-5-6-9(10(7-8)13(14,15)16)11(17)18-12(2,3)4/h5-7H,1-4H3. The summed E-state index contributed by atoms with van der Waals surface area (Å²) in [6, 6.07) is 3.54. The van der Waals surface area contributed by atoms with Crippen LogP contribution in [-0.4, -0.2) is 11.6 Å². The van der Waals surface area contributed by atoms with Crippen LogP contribution in [0.15, 0.2) is 18.2 Å². The van der Waals surface area contributed by atoms with Crippen molar-refractivity contribution in [3.8, 4) is 0 Å². The highest BCUT2D eigenvalue weighted by molar-refractivity contribution is 5.91. The lowest BCUT2D eigenvalue weighted by Gasteiger charge is -2.21. The summed E-state index contributed by atoms with van der Waals surface area (Å²) in [6.45, 7) is 6.35. The first-order valence-electron chi connectivity index (χ1n) is 5.42. The van der Waals surface area contributed by atoms with E-state index in [0.717, 1.165) is 12.1 Å². The molecule has 0 atom stereocenters. The lowest BCUT2D eigenvalue weighted by molar-refractivity contribution is -0.138. The zero-order valence-electron chi connectivity index (χ0n) is 10.7. The van der Waals surface area contributed by atoms with Gasteiger partial charge in [0.2, 0.25) is 0 Å². The topological polar surface area (TPSA) is 26.3 Å². The van der Waals surface area contributed by atoms with Crippen LogP contribution < -0.4 is 0 Å². The van der Waals surface area contributed by atoms with Crippen molar-refractivity contribution in [1.82, 2.24) is 0 Å². The summed E-state index contributed by atoms with van der Waals surface area (Å²) in [4.78, 5) is 11.7. The molecule has 0 unspecified atom stereocenters. The first-order chi connectivity index (χ1) is 8.00. The van der Waals surface area contributed by atoms with Crippen LogP contribution in [0.1, 0.15) is 42.3 Å². The Morgan fingerprint density at radius 2 is 1.72 bits per heavy atom. The highest BCUT2D eigenvalue weighted by Gasteiger charge is 2.36. The summed E-state index contributed by atoms with van der Waals surface area (Å²) in [6.07, 6.45) is -4.57. The Bertz CT molecular complexity index is 456. The van der Waals surface area contributed by atoms with Gasteiger partial charge < -0.3 is 4.74 Å². The average molecular weight is 260 g/mol. The van der Waals surface area contributed by atoms with E-state index in [-0.39, 0.29) is 0 Å². The molecule has 1 rings (SSSR count). The average Bonchev–Trinajstić information content (AvgIpc) is 2.13. The second kappa shape index (κ2) is 4.63. The quantitative estimate of drug-likeness (QED) is 0.714. The number of alkyl halides is 3. The molecule has 0 spiro atoms. The van der Waals surface area contributed by atoms with Crippen LogP contribution in [0.2, 0.25) is 0 Å². The van der Waals surface area contributed by atoms with E-state index in [2.05, 4.69) is 0 Å². The third-order valence-corrected chi connectivity index (χ3v) is 2.10. The van der Waals surface area contributed by atoms with Crippen LogP contribution in [0, 0.1) is 6.92 Å². The van der Waals surface area contributed by atoms with Crippen molar-refractivity contribution in [2.75, 3.05) is 0 Å². The predicted octanol–water partition coefficient (Wildman–Crippen LogP) is 3.97. The van der Waals surface area contributed by atoms with E-state index in [1.54, 1.807) is 20.8 Å². The van der Waals surface area contributed by atoms with E-state index in [4.69, 9.17) is 4.74 Å². The van der Waals surface area contributed by atoms with Crippen LogP contribution >= 0.6 is 0 Å². The van der Waals surface area contributed by atoms with E-state index < -0.39 is 28.9 Å². The Kier molecular flexibility index (Phi) is 3.74. The zero-order valence-corrected chi connectivity index (χ0v) is 10.7. The summed E-state index contributed by atoms with van der Waals surface area (Å²) in [7, 11) is 0. The number of benzene rings is 1. The minimum absolute atomic E-state index is 0.439. The molecular formula is C13H15F3O2. The number of ether oxygens (including phenoxy) is 1. The summed E-state index contributed by atoms with van der Waals surface area (Å²) < 4.78 is 43.4. The Morgan fingerprint density at radius 3 is 2.17 bits per heavy atom. The second-order valence-electron chi connectivity index (χ2n) is 5.05. The number of hydrogen-bond acceptors (Lipinski definition) is 2. The Labute approximate surface area is 104 Å². The van der Waals surface area contributed by atoms with Gasteiger partial charge in [0, 0.05) is 0 Å². The first-order valence-corrected chi connectivity index (χ1v) is 5.42. The molecule has 0 aromatic heterocycles. The fourth-order valence-electron chi connectivity index (χ4n) is 1.40. The lowest BCUT2D eigenvalue weighted by atomic mass is 10.0. The molecule has 100 valence electrons. The predicted molar refractivity (Wildman–Crippen MR) is 61.3 cm³/mol. The molecule has 5 heteroatoms. The van der Waals surface area contributed by atoms with Crippen LogP contribution in [0.3, 0.4) is 0 Å². The van der Waals surface area contributed by atoms with Gasteiger partial charge >= 0.3 is 12.1 Å². The number of carbonyl (C=O) groups is 1. The Morgan fingerprint density at radius 1 is 1.17 bits per heavy atom. The van der Waals surface area contributed by atoms with Gasteiger partial charge in [0.05, 0.1) is 11.1 Å². The molecule has 0 aliphatic rings. The molecule has 0 heterocycles. The molecular weight excluding hydrogens is 245 g/mol. The SMILES string of the molecule is Cc1ccc(C(=O)OC(C)(C)C)c(C(F)(F)F)c1. The molecule has 0 amide bonds. The number of carbonyl (C=O) groups excluding carboxylic acids is 1. The molecule has 0 fully saturated rings. The van der Waals surface area contributed by atoms with Crippen molar-refractivity contribution in [2.45, 2.75) is 39.5 Å². The van der Waals surface area contributed by atoms with Gasteiger partial charge in [0.1, 0.15) is 5.60 Å². The number of esters is 1. The molecule has 0 radical (unpaired) electrons. The molecule has 0 bridgehead atoms. The largest absolute Gasteiger partial charge is 0.456 e. The maximum absolute atomic E-state index is 12.8. The minimum Gasteiger partial charge on any atom is -0.456 e. The van der Waals surface area contributed by atoms with Gasteiger partial charge in [0.25, 0.3) is 0 Å². The van der Waals surface area contributed by atoms with Gasteiger partial charge in [-0.3, -0.25) is 0 Å². The summed E-state index contributed by atoms with van der Waals surface area (Å²) in [5, 5.41) is 0. The van der Waals surface area contributed by atoms with E-state index in [1.165, 1.54) is 13.0 Å². The number of aryl methyl sites for hydroxylation is 1. The fourth-order valence-corrected chi connectivity index (χ4v) is 1.40. The second-order valence-corrected chi connectivity index (χ2v) is 5.05. The monoisotopic (exact) mass is 260 g/mol. The maximum atomic E-state index is 12.8. The zero-order chi connectivity index (χ0) is 14.1. The van der Waals surface area contributed by atoms with E-state index in [0.29, 0.717) is 5.56 Å². The summed E-state index contributed by atoms with van der Waals surface area (Å²) >= 11 is 0. The molecule has 0 N–H and O–H groups in total. The molecule has 18 heavy (non-hydrogen) atoms. The molecule has 2 nitrogen and oxygen atoms in total. The van der Waals surface area contributed by atoms with Gasteiger partial charge in [0.15, 0.2) is 0 Å². The summed E-state index contributed by atoms with van der Waals surface area (Å²) in [5.41, 5.74) is -1.81. The number of halogens is 3. The van der Waals surface area contributed by atoms with Crippen molar-refractivity contribution in [1.29, 1.82) is 0 Å². The highest BCUT2D eigenvalue weighted by Crippen LogP contribution is 2.33. The molecule has 0 aliphatic carbocycles. The van der Waals surface area contributed by atoms with Crippen molar-refractivity contribution in [3.05, 3.63) is 34.9 Å². The highest BCUT2D eigenvalue weighted by atomic mass is 19.4. The maximum Gasteiger partial charge on any atom is 0.417 e. The van der Waals surface area contributed by atoms with Gasteiger partial charge in [-0.25, -0.2) is 4.79 Å². The molecule has 0 saturated carbocycles. The normalized spacial score (nSPS) is 12.4. The van der Waals surface area contributed by atoms with Crippen molar-refractivity contribution in [3.63, 3.8) is 0 Å². The van der Waals surface area contributed by atoms with Gasteiger partial charge in [-0.05, 0) is 39.8 Å². The molecule has 1 aromatic rings. The van der Waals surface area contributed by atoms with E-state index >= 15 is 0 Å². The van der Waals surface area contributed by atoms with E-state index in [9.17, 15) is 18.0 Å². The lowest BCUT2D eigenvalue weighted by Crippen LogP contribution is -2.25. The van der Waals surface area contributed by atoms with Crippen molar-refractivity contribution < 1.29 is 22.7 Å². The van der Waals surface area contributed by atoms with Crippen LogP contribution in [0.25, 0.3) is 0 Å². The van der Waals surface area contributed by atoms with Gasteiger partial charge in [-0.15, -0.1) is 0 Å². The van der Waals surface area contributed by atoms with Crippen LogP contribution in [-0.2, 0) is 10.9 Å². The van der Waals surface area contributed by atoms with Crippen molar-refractivity contribution >= 4 is 5.97 Å². The van der Waals surface area contributed by atoms with Gasteiger partial charge in [-0.1, -0.05) is 11.6 Å². The summed E-state index contributed by atoms with van der Waals surface area (Å²) in [5.74, 6) is -0.963. The number of hydrogen-bond donors (Lipinski definition) is 0. The van der Waals surface area contributed by atoms with Crippen molar-refractivity contribution in [2.24, 2.45) is 0 Å². The fraction of sp³-hybridized carbons (Fsp3) is 0.462. The molecule has 0 aliphatic heterocycles. The van der Waals surface area contributed by atoms with E-state index in [1.807, 2.05) is 0 Å². The molecule has 1 aromatic carbocycles. The third kappa shape index (κ3) is 3.75. The molecule has 0 saturated heterocycles. The van der Waals surface area contributed by atoms with Crippen LogP contribution in [0.5, 0.6) is 0 Å². The Hall–Kier alpha value is -1.52.